The molecule has 0 bridgehead atoms. The van der Waals surface area contributed by atoms with E-state index in [0.717, 1.165) is 24.5 Å². The Morgan fingerprint density at radius 1 is 1.38 bits per heavy atom. The highest BCUT2D eigenvalue weighted by Crippen LogP contribution is 2.20. The van der Waals surface area contributed by atoms with Crippen LogP contribution in [0.2, 0.25) is 5.02 Å². The van der Waals surface area contributed by atoms with Crippen LogP contribution in [0, 0.1) is 0 Å². The van der Waals surface area contributed by atoms with Crippen molar-refractivity contribution >= 4 is 11.6 Å². The molecule has 1 aromatic carbocycles. The molecule has 0 saturated carbocycles. The summed E-state index contributed by atoms with van der Waals surface area (Å²) in [7, 11) is 0. The number of rotatable bonds is 3. The van der Waals surface area contributed by atoms with Crippen molar-refractivity contribution in [3.63, 3.8) is 0 Å². The molecular weight excluding hydrogens is 222 g/mol. The van der Waals surface area contributed by atoms with Gasteiger partial charge in [0.2, 0.25) is 0 Å². The van der Waals surface area contributed by atoms with E-state index in [1.54, 1.807) is 0 Å². The van der Waals surface area contributed by atoms with Gasteiger partial charge in [0.1, 0.15) is 0 Å². The van der Waals surface area contributed by atoms with E-state index in [1.165, 1.54) is 18.4 Å². The molecule has 1 aromatic rings. The van der Waals surface area contributed by atoms with Crippen molar-refractivity contribution in [2.24, 2.45) is 0 Å². The zero-order valence-electron chi connectivity index (χ0n) is 9.40. The van der Waals surface area contributed by atoms with Crippen molar-refractivity contribution in [2.75, 3.05) is 13.2 Å². The second-order valence-electron chi connectivity index (χ2n) is 4.43. The van der Waals surface area contributed by atoms with E-state index >= 15 is 0 Å². The average molecular weight is 240 g/mol. The Morgan fingerprint density at radius 3 is 3.00 bits per heavy atom. The van der Waals surface area contributed by atoms with Gasteiger partial charge in [-0.05, 0) is 37.1 Å². The third kappa shape index (κ3) is 2.97. The van der Waals surface area contributed by atoms with Gasteiger partial charge in [-0.3, -0.25) is 4.90 Å². The summed E-state index contributed by atoms with van der Waals surface area (Å²) in [5.41, 5.74) is 1.23. The van der Waals surface area contributed by atoms with Crippen LogP contribution in [0.15, 0.2) is 24.3 Å². The van der Waals surface area contributed by atoms with Gasteiger partial charge in [0, 0.05) is 17.6 Å². The monoisotopic (exact) mass is 239 g/mol. The number of aliphatic hydroxyl groups is 1. The lowest BCUT2D eigenvalue weighted by Crippen LogP contribution is -2.41. The van der Waals surface area contributed by atoms with E-state index in [9.17, 15) is 5.11 Å². The summed E-state index contributed by atoms with van der Waals surface area (Å²) in [5.74, 6) is 0. The van der Waals surface area contributed by atoms with Crippen LogP contribution in [-0.2, 0) is 6.54 Å². The van der Waals surface area contributed by atoms with E-state index in [-0.39, 0.29) is 6.61 Å². The maximum Gasteiger partial charge on any atom is 0.0586 e. The Hall–Kier alpha value is -0.570. The van der Waals surface area contributed by atoms with Gasteiger partial charge >= 0.3 is 0 Å². The minimum atomic E-state index is 0.264. The molecule has 0 aliphatic carbocycles. The zero-order chi connectivity index (χ0) is 11.4. The molecular formula is C13H18ClNO. The van der Waals surface area contributed by atoms with Gasteiger partial charge in [-0.1, -0.05) is 30.2 Å². The Bertz CT molecular complexity index is 342. The number of nitrogens with zero attached hydrogens (tertiary/aromatic N) is 1. The quantitative estimate of drug-likeness (QED) is 0.877. The Kier molecular flexibility index (Phi) is 4.22. The first-order chi connectivity index (χ1) is 7.79. The van der Waals surface area contributed by atoms with Gasteiger partial charge in [0.15, 0.2) is 0 Å². The number of hydrogen-bond donors (Lipinski definition) is 1. The minimum absolute atomic E-state index is 0.264. The molecule has 0 amide bonds. The fraction of sp³-hybridized carbons (Fsp3) is 0.538. The normalized spacial score (nSPS) is 22.2. The number of benzene rings is 1. The minimum Gasteiger partial charge on any atom is -0.395 e. The van der Waals surface area contributed by atoms with Gasteiger partial charge in [0.25, 0.3) is 0 Å². The summed E-state index contributed by atoms with van der Waals surface area (Å²) in [6.45, 7) is 2.24. The third-order valence-electron chi connectivity index (χ3n) is 3.23. The summed E-state index contributed by atoms with van der Waals surface area (Å²) < 4.78 is 0. The lowest BCUT2D eigenvalue weighted by Gasteiger charge is -2.34. The first-order valence-corrected chi connectivity index (χ1v) is 6.27. The standard InChI is InChI=1S/C13H18ClNO/c14-12-5-3-4-11(8-12)9-15-7-2-1-6-13(15)10-16/h3-5,8,13,16H,1-2,6-7,9-10H2/t13-/m0/s1. The molecule has 1 N–H and O–H groups in total. The summed E-state index contributed by atoms with van der Waals surface area (Å²) in [4.78, 5) is 2.36. The molecule has 0 spiro atoms. The fourth-order valence-electron chi connectivity index (χ4n) is 2.34. The molecule has 0 radical (unpaired) electrons. The molecule has 1 fully saturated rings. The lowest BCUT2D eigenvalue weighted by molar-refractivity contribution is 0.0841. The summed E-state index contributed by atoms with van der Waals surface area (Å²) >= 11 is 5.96. The third-order valence-corrected chi connectivity index (χ3v) is 3.47. The predicted molar refractivity (Wildman–Crippen MR) is 66.6 cm³/mol. The number of halogens is 1. The summed E-state index contributed by atoms with van der Waals surface area (Å²) in [6.07, 6.45) is 3.57. The van der Waals surface area contributed by atoms with Gasteiger partial charge < -0.3 is 5.11 Å². The maximum atomic E-state index is 9.33. The number of piperidine rings is 1. The smallest absolute Gasteiger partial charge is 0.0586 e. The second-order valence-corrected chi connectivity index (χ2v) is 4.87. The van der Waals surface area contributed by atoms with Crippen molar-refractivity contribution in [3.8, 4) is 0 Å². The highest BCUT2D eigenvalue weighted by atomic mass is 35.5. The average Bonchev–Trinajstić information content (AvgIpc) is 2.30. The molecule has 2 rings (SSSR count). The Labute approximate surface area is 102 Å². The van der Waals surface area contributed by atoms with E-state index in [2.05, 4.69) is 11.0 Å². The van der Waals surface area contributed by atoms with Gasteiger partial charge in [-0.25, -0.2) is 0 Å². The van der Waals surface area contributed by atoms with E-state index in [1.807, 2.05) is 18.2 Å². The molecule has 88 valence electrons. The van der Waals surface area contributed by atoms with Crippen molar-refractivity contribution in [2.45, 2.75) is 31.8 Å². The van der Waals surface area contributed by atoms with Gasteiger partial charge in [-0.15, -0.1) is 0 Å². The molecule has 1 saturated heterocycles. The van der Waals surface area contributed by atoms with Crippen molar-refractivity contribution in [3.05, 3.63) is 34.9 Å². The number of likely N-dealkylation sites (tertiary alicyclic amines) is 1. The SMILES string of the molecule is OC[C@@H]1CCCCN1Cc1cccc(Cl)c1. The first kappa shape index (κ1) is 11.9. The Morgan fingerprint density at radius 2 is 2.25 bits per heavy atom. The van der Waals surface area contributed by atoms with E-state index < -0.39 is 0 Å². The van der Waals surface area contributed by atoms with E-state index in [4.69, 9.17) is 11.6 Å². The second kappa shape index (κ2) is 5.67. The van der Waals surface area contributed by atoms with Crippen LogP contribution in [0.5, 0.6) is 0 Å². The molecule has 0 unspecified atom stereocenters. The number of aliphatic hydroxyl groups excluding tert-OH is 1. The van der Waals surface area contributed by atoms with Crippen LogP contribution in [0.1, 0.15) is 24.8 Å². The molecule has 1 aliphatic heterocycles. The summed E-state index contributed by atoms with van der Waals surface area (Å²) in [6, 6.07) is 8.30. The van der Waals surface area contributed by atoms with Crippen LogP contribution >= 0.6 is 11.6 Å². The molecule has 1 atom stereocenters. The highest BCUT2D eigenvalue weighted by molar-refractivity contribution is 6.30. The molecule has 0 aromatic heterocycles. The van der Waals surface area contributed by atoms with Crippen molar-refractivity contribution in [1.29, 1.82) is 0 Å². The van der Waals surface area contributed by atoms with Gasteiger partial charge in [-0.2, -0.15) is 0 Å². The topological polar surface area (TPSA) is 23.5 Å². The van der Waals surface area contributed by atoms with Crippen LogP contribution in [-0.4, -0.2) is 29.2 Å². The van der Waals surface area contributed by atoms with Crippen LogP contribution in [0.4, 0.5) is 0 Å². The fourth-order valence-corrected chi connectivity index (χ4v) is 2.56. The highest BCUT2D eigenvalue weighted by Gasteiger charge is 2.21. The molecule has 2 nitrogen and oxygen atoms in total. The number of hydrogen-bond acceptors (Lipinski definition) is 2. The maximum absolute atomic E-state index is 9.33. The van der Waals surface area contributed by atoms with Gasteiger partial charge in [0.05, 0.1) is 6.61 Å². The van der Waals surface area contributed by atoms with Crippen molar-refractivity contribution in [1.82, 2.24) is 4.90 Å². The lowest BCUT2D eigenvalue weighted by atomic mass is 10.0. The van der Waals surface area contributed by atoms with Crippen LogP contribution in [0.3, 0.4) is 0 Å². The van der Waals surface area contributed by atoms with Crippen LogP contribution in [0.25, 0.3) is 0 Å². The zero-order valence-corrected chi connectivity index (χ0v) is 10.2. The largest absolute Gasteiger partial charge is 0.395 e. The molecule has 3 heteroatoms. The Balaban J connectivity index is 2.02. The van der Waals surface area contributed by atoms with E-state index in [0.29, 0.717) is 6.04 Å². The van der Waals surface area contributed by atoms with Crippen LogP contribution < -0.4 is 0 Å². The molecule has 1 aliphatic rings. The predicted octanol–water partition coefficient (Wildman–Crippen LogP) is 2.69. The first-order valence-electron chi connectivity index (χ1n) is 5.89. The van der Waals surface area contributed by atoms with Crippen molar-refractivity contribution < 1.29 is 5.11 Å². The molecule has 16 heavy (non-hydrogen) atoms. The summed E-state index contributed by atoms with van der Waals surface area (Å²) in [5, 5.41) is 10.1. The molecule has 1 heterocycles.